The smallest absolute Gasteiger partial charge is 0.166 e. The van der Waals surface area contributed by atoms with Crippen LogP contribution in [-0.4, -0.2) is 86.6 Å². The lowest BCUT2D eigenvalue weighted by atomic mass is 9.83. The normalized spacial score (nSPS) is 53.7. The zero-order valence-electron chi connectivity index (χ0n) is 9.70. The lowest BCUT2D eigenvalue weighted by molar-refractivity contribution is -0.687. The van der Waals surface area contributed by atoms with Crippen LogP contribution in [0.15, 0.2) is 0 Å². The number of hydrogen-bond donors (Lipinski definition) is 7. The maximum absolute atomic E-state index is 9.96. The van der Waals surface area contributed by atoms with E-state index < -0.39 is 55.4 Å². The fraction of sp³-hybridized carbons (Fsp3) is 1.00. The molecule has 0 aromatic carbocycles. The van der Waals surface area contributed by atoms with E-state index in [2.05, 4.69) is 0 Å². The molecule has 8 nitrogen and oxygen atoms in total. The third-order valence-electron chi connectivity index (χ3n) is 3.83. The van der Waals surface area contributed by atoms with Crippen molar-refractivity contribution in [2.45, 2.75) is 42.9 Å². The quantitative estimate of drug-likeness (QED) is 0.264. The van der Waals surface area contributed by atoms with E-state index in [1.807, 2.05) is 0 Å². The van der Waals surface area contributed by atoms with Gasteiger partial charge in [0.25, 0.3) is 0 Å². The van der Waals surface area contributed by atoms with Crippen molar-refractivity contribution >= 4 is 0 Å². The highest BCUT2D eigenvalue weighted by Crippen LogP contribution is 2.29. The third-order valence-corrected chi connectivity index (χ3v) is 3.83. The Morgan fingerprint density at radius 2 is 1.67 bits per heavy atom. The van der Waals surface area contributed by atoms with Gasteiger partial charge in [0.2, 0.25) is 0 Å². The van der Waals surface area contributed by atoms with Crippen LogP contribution >= 0.6 is 0 Å². The molecule has 0 bridgehead atoms. The van der Waals surface area contributed by atoms with Gasteiger partial charge >= 0.3 is 0 Å². The molecule has 0 aromatic rings. The molecule has 2 saturated heterocycles. The van der Waals surface area contributed by atoms with Gasteiger partial charge in [-0.25, -0.2) is 0 Å². The van der Waals surface area contributed by atoms with Gasteiger partial charge in [0.05, 0.1) is 18.6 Å². The van der Waals surface area contributed by atoms with Gasteiger partial charge in [0, 0.05) is 0 Å². The Bertz CT molecular complexity index is 291. The Labute approximate surface area is 103 Å². The molecule has 0 aromatic heterocycles. The van der Waals surface area contributed by atoms with Crippen molar-refractivity contribution in [3.8, 4) is 0 Å². The van der Waals surface area contributed by atoms with E-state index in [1.165, 1.54) is 0 Å². The fourth-order valence-electron chi connectivity index (χ4n) is 2.75. The molecule has 0 radical (unpaired) electrons. The molecule has 8 heteroatoms. The second-order valence-electron chi connectivity index (χ2n) is 4.91. The van der Waals surface area contributed by atoms with E-state index in [1.54, 1.807) is 5.32 Å². The fourth-order valence-corrected chi connectivity index (χ4v) is 2.75. The zero-order valence-corrected chi connectivity index (χ0v) is 9.70. The van der Waals surface area contributed by atoms with Gasteiger partial charge in [0.1, 0.15) is 37.0 Å². The van der Waals surface area contributed by atoms with Crippen LogP contribution in [0.5, 0.6) is 0 Å². The van der Waals surface area contributed by atoms with Crippen molar-refractivity contribution in [1.82, 2.24) is 0 Å². The monoisotopic (exact) mass is 266 g/mol. The lowest BCUT2D eigenvalue weighted by Gasteiger charge is -2.41. The molecule has 8 atom stereocenters. The van der Waals surface area contributed by atoms with Crippen molar-refractivity contribution in [3.05, 3.63) is 0 Å². The first-order valence-electron chi connectivity index (χ1n) is 5.97. The van der Waals surface area contributed by atoms with Crippen LogP contribution in [0, 0.1) is 5.92 Å². The van der Waals surface area contributed by atoms with Crippen molar-refractivity contribution in [2.75, 3.05) is 13.2 Å². The predicted molar refractivity (Wildman–Crippen MR) is 56.1 cm³/mol. The molecule has 0 aliphatic carbocycles. The first-order valence-corrected chi connectivity index (χ1v) is 5.97. The van der Waals surface area contributed by atoms with Gasteiger partial charge < -0.3 is 40.7 Å². The van der Waals surface area contributed by atoms with Crippen molar-refractivity contribution in [1.29, 1.82) is 0 Å². The number of hydrogen-bond acceptors (Lipinski definition) is 7. The van der Waals surface area contributed by atoms with E-state index in [4.69, 9.17) is 9.84 Å². The largest absolute Gasteiger partial charge is 0.394 e. The SMILES string of the molecule is OCC1O[C@@H](O)C([C@H]2[NH2+]CC(O)C2O)C(O)[C@@H]1O. The Balaban J connectivity index is 2.13. The second kappa shape index (κ2) is 5.35. The molecule has 2 aliphatic rings. The first-order chi connectivity index (χ1) is 8.47. The van der Waals surface area contributed by atoms with Crippen LogP contribution in [0.25, 0.3) is 0 Å². The number of nitrogens with two attached hydrogens (primary N) is 1. The molecule has 8 N–H and O–H groups in total. The number of rotatable bonds is 2. The molecule has 106 valence electrons. The van der Waals surface area contributed by atoms with E-state index in [0.29, 0.717) is 0 Å². The average molecular weight is 266 g/mol. The predicted octanol–water partition coefficient (Wildman–Crippen LogP) is -5.30. The van der Waals surface area contributed by atoms with Crippen molar-refractivity contribution in [2.24, 2.45) is 5.92 Å². The summed E-state index contributed by atoms with van der Waals surface area (Å²) in [6, 6.07) is -0.667. The van der Waals surface area contributed by atoms with Crippen molar-refractivity contribution in [3.63, 3.8) is 0 Å². The highest BCUT2D eigenvalue weighted by molar-refractivity contribution is 4.96. The van der Waals surface area contributed by atoms with Crippen molar-refractivity contribution < 1.29 is 40.7 Å². The average Bonchev–Trinajstić information content (AvgIpc) is 2.66. The highest BCUT2D eigenvalue weighted by atomic mass is 16.6. The van der Waals surface area contributed by atoms with E-state index in [9.17, 15) is 25.5 Å². The van der Waals surface area contributed by atoms with Gasteiger partial charge in [-0.1, -0.05) is 0 Å². The molecule has 2 fully saturated rings. The molecule has 0 spiro atoms. The Morgan fingerprint density at radius 3 is 2.17 bits per heavy atom. The minimum atomic E-state index is -1.42. The van der Waals surface area contributed by atoms with Crippen LogP contribution in [0.3, 0.4) is 0 Å². The molecule has 2 rings (SSSR count). The summed E-state index contributed by atoms with van der Waals surface area (Å²) < 4.78 is 5.01. The summed E-state index contributed by atoms with van der Waals surface area (Å²) in [6.07, 6.45) is -7.21. The molecule has 5 unspecified atom stereocenters. The lowest BCUT2D eigenvalue weighted by Crippen LogP contribution is -2.91. The molecular weight excluding hydrogens is 246 g/mol. The summed E-state index contributed by atoms with van der Waals surface area (Å²) in [5, 5.41) is 59.2. The minimum Gasteiger partial charge on any atom is -0.394 e. The molecule has 18 heavy (non-hydrogen) atoms. The molecule has 0 saturated carbocycles. The Morgan fingerprint density at radius 1 is 1.00 bits per heavy atom. The second-order valence-corrected chi connectivity index (χ2v) is 4.91. The van der Waals surface area contributed by atoms with Gasteiger partial charge in [-0.05, 0) is 0 Å². The summed E-state index contributed by atoms with van der Waals surface area (Å²) >= 11 is 0. The summed E-state index contributed by atoms with van der Waals surface area (Å²) in [6.45, 7) is -0.275. The number of quaternary nitrogens is 1. The van der Waals surface area contributed by atoms with Crippen LogP contribution in [0.2, 0.25) is 0 Å². The van der Waals surface area contributed by atoms with E-state index in [-0.39, 0.29) is 6.54 Å². The maximum atomic E-state index is 9.96. The van der Waals surface area contributed by atoms with E-state index >= 15 is 0 Å². The van der Waals surface area contributed by atoms with Crippen LogP contribution in [0.4, 0.5) is 0 Å². The summed E-state index contributed by atoms with van der Waals surface area (Å²) in [5.41, 5.74) is 0. The van der Waals surface area contributed by atoms with Gasteiger partial charge in [-0.15, -0.1) is 0 Å². The number of aliphatic hydroxyl groups excluding tert-OH is 6. The van der Waals surface area contributed by atoms with Gasteiger partial charge in [0.15, 0.2) is 6.29 Å². The zero-order chi connectivity index (χ0) is 13.4. The highest BCUT2D eigenvalue weighted by Gasteiger charge is 2.53. The summed E-state index contributed by atoms with van der Waals surface area (Å²) in [5.74, 6) is -0.935. The molecule has 0 amide bonds. The molecule has 2 aliphatic heterocycles. The van der Waals surface area contributed by atoms with Gasteiger partial charge in [-0.3, -0.25) is 0 Å². The standard InChI is InChI=1S/C10H19NO7/c12-2-4-8(15)9(16)5(10(17)18-4)6-7(14)3(13)1-11-6/h3-17H,1-2H2/p+1/t3?,4?,5?,6-,7?,8-,9?,10-/m1/s1. The van der Waals surface area contributed by atoms with E-state index in [0.717, 1.165) is 0 Å². The number of aliphatic hydroxyl groups is 6. The Kier molecular flexibility index (Phi) is 4.19. The molecule has 2 heterocycles. The first kappa shape index (κ1) is 14.1. The summed E-state index contributed by atoms with van der Waals surface area (Å²) in [4.78, 5) is 0. The summed E-state index contributed by atoms with van der Waals surface area (Å²) in [7, 11) is 0. The number of ether oxygens (including phenoxy) is 1. The Hall–Kier alpha value is -0.320. The molecular formula is C10H20NO7+. The topological polar surface area (TPSA) is 147 Å². The van der Waals surface area contributed by atoms with Crippen LogP contribution in [-0.2, 0) is 4.74 Å². The van der Waals surface area contributed by atoms with Crippen LogP contribution < -0.4 is 5.32 Å². The third kappa shape index (κ3) is 2.26. The maximum Gasteiger partial charge on any atom is 0.166 e. The van der Waals surface area contributed by atoms with Gasteiger partial charge in [-0.2, -0.15) is 0 Å². The van der Waals surface area contributed by atoms with Crippen LogP contribution in [0.1, 0.15) is 0 Å². The minimum absolute atomic E-state index is 0.251.